The zero-order chi connectivity index (χ0) is 12.6. The topological polar surface area (TPSA) is 20.3 Å². The highest BCUT2D eigenvalue weighted by molar-refractivity contribution is 5.96. The van der Waals surface area contributed by atoms with E-state index in [0.29, 0.717) is 6.54 Å². The van der Waals surface area contributed by atoms with Crippen LogP contribution in [0.5, 0.6) is 0 Å². The lowest BCUT2D eigenvalue weighted by atomic mass is 9.96. The maximum absolute atomic E-state index is 13.6. The van der Waals surface area contributed by atoms with Crippen LogP contribution in [0.1, 0.15) is 35.3 Å². The third-order valence-corrected chi connectivity index (χ3v) is 3.00. The summed E-state index contributed by atoms with van der Waals surface area (Å²) in [7, 11) is 0. The molecule has 0 N–H and O–H groups in total. The number of carbonyl (C=O) groups is 1. The molecule has 1 aliphatic rings. The molecule has 1 aromatic rings. The normalized spacial score (nSPS) is 16.0. The van der Waals surface area contributed by atoms with Gasteiger partial charge in [-0.05, 0) is 38.8 Å². The summed E-state index contributed by atoms with van der Waals surface area (Å²) >= 11 is 0. The average molecular weight is 235 g/mol. The van der Waals surface area contributed by atoms with Gasteiger partial charge in [0.15, 0.2) is 0 Å². The molecule has 0 atom stereocenters. The third kappa shape index (κ3) is 2.65. The van der Waals surface area contributed by atoms with Crippen LogP contribution in [-0.4, -0.2) is 29.6 Å². The van der Waals surface area contributed by atoms with Gasteiger partial charge in [0.05, 0.1) is 6.54 Å². The number of benzene rings is 1. The van der Waals surface area contributed by atoms with Gasteiger partial charge in [-0.25, -0.2) is 4.39 Å². The van der Waals surface area contributed by atoms with E-state index in [9.17, 15) is 9.18 Å². The summed E-state index contributed by atoms with van der Waals surface area (Å²) in [5.74, 6) is -0.0445. The van der Waals surface area contributed by atoms with Crippen molar-refractivity contribution in [1.82, 2.24) is 4.90 Å². The minimum absolute atomic E-state index is 0.0445. The van der Waals surface area contributed by atoms with Crippen molar-refractivity contribution in [3.05, 3.63) is 34.9 Å². The Hall–Kier alpha value is -1.38. The van der Waals surface area contributed by atoms with Gasteiger partial charge in [-0.3, -0.25) is 4.79 Å². The number of rotatable bonds is 2. The Balaban J connectivity index is 2.25. The summed E-state index contributed by atoms with van der Waals surface area (Å²) in [5, 5.41) is 0. The molecular weight excluding hydrogens is 217 g/mol. The number of fused-ring (bicyclic) bond motifs is 1. The van der Waals surface area contributed by atoms with E-state index in [1.165, 1.54) is 13.8 Å². The monoisotopic (exact) mass is 235 g/mol. The molecule has 0 bridgehead atoms. The second kappa shape index (κ2) is 4.13. The van der Waals surface area contributed by atoms with Crippen molar-refractivity contribution < 1.29 is 9.18 Å². The van der Waals surface area contributed by atoms with E-state index in [4.69, 9.17) is 0 Å². The molecule has 2 nitrogen and oxygen atoms in total. The zero-order valence-electron chi connectivity index (χ0n) is 10.6. The molecule has 0 radical (unpaired) electrons. The first-order chi connectivity index (χ1) is 7.87. The molecule has 2 rings (SSSR count). The summed E-state index contributed by atoms with van der Waals surface area (Å²) in [4.78, 5) is 13.8. The molecule has 0 saturated carbocycles. The van der Waals surface area contributed by atoms with Gasteiger partial charge in [0.2, 0.25) is 0 Å². The average Bonchev–Trinajstić information content (AvgIpc) is 2.20. The van der Waals surface area contributed by atoms with Gasteiger partial charge in [0.1, 0.15) is 5.67 Å². The number of halogens is 1. The summed E-state index contributed by atoms with van der Waals surface area (Å²) in [6.07, 6.45) is 0.818. The van der Waals surface area contributed by atoms with Crippen molar-refractivity contribution in [2.24, 2.45) is 0 Å². The summed E-state index contributed by atoms with van der Waals surface area (Å²) in [6, 6.07) is 5.83. The van der Waals surface area contributed by atoms with Crippen LogP contribution >= 0.6 is 0 Å². The molecule has 0 spiro atoms. The smallest absolute Gasteiger partial charge is 0.254 e. The predicted octanol–water partition coefficient (Wildman–Crippen LogP) is 2.74. The molecule has 92 valence electrons. The highest BCUT2D eigenvalue weighted by Crippen LogP contribution is 2.22. The van der Waals surface area contributed by atoms with Gasteiger partial charge in [-0.2, -0.15) is 0 Å². The van der Waals surface area contributed by atoms with Crippen LogP contribution in [0.2, 0.25) is 0 Å². The fourth-order valence-electron chi connectivity index (χ4n) is 2.27. The van der Waals surface area contributed by atoms with E-state index in [2.05, 4.69) is 0 Å². The van der Waals surface area contributed by atoms with E-state index in [1.807, 2.05) is 25.1 Å². The lowest BCUT2D eigenvalue weighted by molar-refractivity contribution is 0.0611. The second-order valence-electron chi connectivity index (χ2n) is 5.36. The molecule has 0 unspecified atom stereocenters. The third-order valence-electron chi connectivity index (χ3n) is 3.00. The fourth-order valence-corrected chi connectivity index (χ4v) is 2.27. The second-order valence-corrected chi connectivity index (χ2v) is 5.36. The van der Waals surface area contributed by atoms with Crippen molar-refractivity contribution in [2.75, 3.05) is 13.1 Å². The number of nitrogens with zero attached hydrogens (tertiary/aromatic N) is 1. The zero-order valence-corrected chi connectivity index (χ0v) is 10.6. The quantitative estimate of drug-likeness (QED) is 0.772. The highest BCUT2D eigenvalue weighted by atomic mass is 19.1. The SMILES string of the molecule is Cc1ccc2c(c1)CCN(CC(C)(C)F)C2=O. The molecular formula is C14H18FNO. The number of alkyl halides is 1. The van der Waals surface area contributed by atoms with Crippen LogP contribution in [0.3, 0.4) is 0 Å². The van der Waals surface area contributed by atoms with Crippen LogP contribution in [0, 0.1) is 6.92 Å². The van der Waals surface area contributed by atoms with Crippen molar-refractivity contribution in [2.45, 2.75) is 32.9 Å². The Labute approximate surface area is 101 Å². The van der Waals surface area contributed by atoms with Crippen LogP contribution in [0.25, 0.3) is 0 Å². The molecule has 0 fully saturated rings. The maximum Gasteiger partial charge on any atom is 0.254 e. The van der Waals surface area contributed by atoms with Crippen LogP contribution in [-0.2, 0) is 6.42 Å². The number of hydrogen-bond donors (Lipinski definition) is 0. The van der Waals surface area contributed by atoms with Crippen molar-refractivity contribution in [1.29, 1.82) is 0 Å². The highest BCUT2D eigenvalue weighted by Gasteiger charge is 2.29. The molecule has 0 saturated heterocycles. The van der Waals surface area contributed by atoms with E-state index in [1.54, 1.807) is 4.90 Å². The van der Waals surface area contributed by atoms with Gasteiger partial charge in [0.25, 0.3) is 5.91 Å². The molecule has 3 heteroatoms. The van der Waals surface area contributed by atoms with Gasteiger partial charge < -0.3 is 4.90 Å². The molecule has 0 aromatic heterocycles. The van der Waals surface area contributed by atoms with Gasteiger partial charge in [-0.1, -0.05) is 17.7 Å². The summed E-state index contributed by atoms with van der Waals surface area (Å²) < 4.78 is 13.6. The first kappa shape index (κ1) is 12.1. The Morgan fingerprint density at radius 1 is 1.41 bits per heavy atom. The van der Waals surface area contributed by atoms with Gasteiger partial charge in [0, 0.05) is 12.1 Å². The van der Waals surface area contributed by atoms with E-state index in [0.717, 1.165) is 23.1 Å². The molecule has 1 aromatic carbocycles. The number of amides is 1. The first-order valence-corrected chi connectivity index (χ1v) is 5.94. The Morgan fingerprint density at radius 3 is 2.76 bits per heavy atom. The van der Waals surface area contributed by atoms with Crippen molar-refractivity contribution in [3.63, 3.8) is 0 Å². The van der Waals surface area contributed by atoms with Crippen molar-refractivity contribution in [3.8, 4) is 0 Å². The minimum Gasteiger partial charge on any atom is -0.335 e. The Bertz CT molecular complexity index is 448. The molecule has 1 amide bonds. The molecule has 1 heterocycles. The number of hydrogen-bond acceptors (Lipinski definition) is 1. The Morgan fingerprint density at radius 2 is 2.12 bits per heavy atom. The van der Waals surface area contributed by atoms with Gasteiger partial charge >= 0.3 is 0 Å². The first-order valence-electron chi connectivity index (χ1n) is 5.94. The number of aryl methyl sites for hydroxylation is 1. The lowest BCUT2D eigenvalue weighted by Gasteiger charge is -2.32. The minimum atomic E-state index is -1.34. The van der Waals surface area contributed by atoms with Gasteiger partial charge in [-0.15, -0.1) is 0 Å². The van der Waals surface area contributed by atoms with Crippen LogP contribution in [0.4, 0.5) is 4.39 Å². The van der Waals surface area contributed by atoms with E-state index in [-0.39, 0.29) is 12.5 Å². The van der Waals surface area contributed by atoms with Crippen LogP contribution < -0.4 is 0 Å². The number of carbonyl (C=O) groups excluding carboxylic acids is 1. The predicted molar refractivity (Wildman–Crippen MR) is 66.0 cm³/mol. The lowest BCUT2D eigenvalue weighted by Crippen LogP contribution is -2.44. The molecule has 17 heavy (non-hydrogen) atoms. The van der Waals surface area contributed by atoms with E-state index < -0.39 is 5.67 Å². The van der Waals surface area contributed by atoms with Crippen molar-refractivity contribution >= 4 is 5.91 Å². The largest absolute Gasteiger partial charge is 0.335 e. The Kier molecular flexibility index (Phi) is 2.94. The fraction of sp³-hybridized carbons (Fsp3) is 0.500. The summed E-state index contributed by atoms with van der Waals surface area (Å²) in [5.41, 5.74) is 1.64. The summed E-state index contributed by atoms with van der Waals surface area (Å²) in [6.45, 7) is 5.81. The molecule has 1 aliphatic heterocycles. The molecule has 0 aliphatic carbocycles. The van der Waals surface area contributed by atoms with E-state index >= 15 is 0 Å². The standard InChI is InChI=1S/C14H18FNO/c1-10-4-5-12-11(8-10)6-7-16(13(12)17)9-14(2,3)15/h4-5,8H,6-7,9H2,1-3H3. The van der Waals surface area contributed by atoms with Crippen LogP contribution in [0.15, 0.2) is 18.2 Å². The maximum atomic E-state index is 13.6.